The Hall–Kier alpha value is -1.26. The van der Waals surface area contributed by atoms with Gasteiger partial charge in [-0.2, -0.15) is 13.2 Å². The van der Waals surface area contributed by atoms with Crippen LogP contribution in [0.4, 0.5) is 18.9 Å². The first-order valence-corrected chi connectivity index (χ1v) is 2.55. The monoisotopic (exact) mass is 165 g/mol. The third-order valence-corrected chi connectivity index (χ3v) is 0.887. The summed E-state index contributed by atoms with van der Waals surface area (Å²) in [4.78, 5) is 2.97. The minimum Gasteiger partial charge on any atom is -0.397 e. The van der Waals surface area contributed by atoms with E-state index in [2.05, 4.69) is 4.98 Å². The Labute approximate surface area is 65.1 Å². The lowest BCUT2D eigenvalue weighted by Crippen LogP contribution is -2.05. The normalized spacial score (nSPS) is 15.4. The molecule has 0 atom stereocenters. The van der Waals surface area contributed by atoms with Crippen molar-refractivity contribution < 1.29 is 17.3 Å². The summed E-state index contributed by atoms with van der Waals surface area (Å²) in [5.74, 6) is 0. The number of nitrogens with zero attached hydrogens (tertiary/aromatic N) is 1. The Morgan fingerprint density at radius 1 is 1.45 bits per heavy atom. The Balaban J connectivity index is 3.53. The van der Waals surface area contributed by atoms with Crippen LogP contribution >= 0.6 is 0 Å². The Bertz CT molecular complexity index is 378. The second-order valence-corrected chi connectivity index (χ2v) is 1.75. The number of anilines is 1. The topological polar surface area (TPSA) is 38.9 Å². The standard InChI is InChI=1S/C6H5F3N2/c7-6(8,9)4-1-5(10)3-11-2-4/h1-3H,10H2/i1D,2D,3D. The van der Waals surface area contributed by atoms with Gasteiger partial charge in [0.05, 0.1) is 15.4 Å². The van der Waals surface area contributed by atoms with E-state index in [1.165, 1.54) is 0 Å². The van der Waals surface area contributed by atoms with Crippen LogP contribution in [0.15, 0.2) is 18.4 Å². The molecular weight excluding hydrogens is 157 g/mol. The van der Waals surface area contributed by atoms with Gasteiger partial charge in [0.2, 0.25) is 0 Å². The molecule has 0 aromatic carbocycles. The third-order valence-electron chi connectivity index (χ3n) is 0.887. The van der Waals surface area contributed by atoms with E-state index < -0.39 is 35.8 Å². The lowest BCUT2D eigenvalue weighted by atomic mass is 10.2. The second-order valence-electron chi connectivity index (χ2n) is 1.75. The number of nitrogen functional groups attached to an aromatic ring is 1. The molecule has 0 amide bonds. The molecule has 0 spiro atoms. The van der Waals surface area contributed by atoms with Crippen molar-refractivity contribution in [2.45, 2.75) is 6.18 Å². The van der Waals surface area contributed by atoms with Gasteiger partial charge in [0.25, 0.3) is 0 Å². The van der Waals surface area contributed by atoms with Crippen molar-refractivity contribution >= 4 is 5.69 Å². The highest BCUT2D eigenvalue weighted by Crippen LogP contribution is 2.29. The SMILES string of the molecule is [2H]c1nc([2H])c(C(F)(F)F)c([2H])c1N. The van der Waals surface area contributed by atoms with E-state index in [4.69, 9.17) is 9.85 Å². The predicted octanol–water partition coefficient (Wildman–Crippen LogP) is 1.68. The summed E-state index contributed by atoms with van der Waals surface area (Å²) in [6.07, 6.45) is -6.68. The van der Waals surface area contributed by atoms with E-state index in [9.17, 15) is 13.2 Å². The first kappa shape index (κ1) is 4.58. The molecule has 2 nitrogen and oxygen atoms in total. The summed E-state index contributed by atoms with van der Waals surface area (Å²) in [5, 5.41) is 0. The molecule has 2 N–H and O–H groups in total. The molecule has 0 radical (unpaired) electrons. The van der Waals surface area contributed by atoms with Gasteiger partial charge in [-0.05, 0) is 6.04 Å². The number of alkyl halides is 3. The van der Waals surface area contributed by atoms with Gasteiger partial charge in [0, 0.05) is 12.3 Å². The smallest absolute Gasteiger partial charge is 0.397 e. The molecule has 60 valence electrons. The quantitative estimate of drug-likeness (QED) is 0.635. The fourth-order valence-electron chi connectivity index (χ4n) is 0.469. The first-order chi connectivity index (χ1) is 6.25. The molecule has 11 heavy (non-hydrogen) atoms. The van der Waals surface area contributed by atoms with Gasteiger partial charge in [0.15, 0.2) is 0 Å². The molecule has 5 heteroatoms. The van der Waals surface area contributed by atoms with Gasteiger partial charge in [-0.3, -0.25) is 4.98 Å². The Morgan fingerprint density at radius 2 is 2.09 bits per heavy atom. The van der Waals surface area contributed by atoms with Crippen molar-refractivity contribution in [2.75, 3.05) is 5.73 Å². The lowest BCUT2D eigenvalue weighted by molar-refractivity contribution is -0.137. The van der Waals surface area contributed by atoms with Crippen LogP contribution in [0.1, 0.15) is 9.68 Å². The zero-order valence-electron chi connectivity index (χ0n) is 8.16. The number of hydrogen-bond acceptors (Lipinski definition) is 2. The van der Waals surface area contributed by atoms with E-state index in [1.807, 2.05) is 0 Å². The molecule has 0 aliphatic heterocycles. The van der Waals surface area contributed by atoms with Crippen molar-refractivity contribution in [3.8, 4) is 0 Å². The van der Waals surface area contributed by atoms with E-state index in [0.717, 1.165) is 0 Å². The molecular formula is C6H5F3N2. The van der Waals surface area contributed by atoms with Gasteiger partial charge >= 0.3 is 6.18 Å². The van der Waals surface area contributed by atoms with Crippen LogP contribution in [0.2, 0.25) is 0 Å². The van der Waals surface area contributed by atoms with Crippen LogP contribution in [0.25, 0.3) is 0 Å². The summed E-state index contributed by atoms with van der Waals surface area (Å²) in [6, 6.07) is -1.07. The van der Waals surface area contributed by atoms with Crippen LogP contribution in [0.5, 0.6) is 0 Å². The van der Waals surface area contributed by atoms with E-state index >= 15 is 0 Å². The van der Waals surface area contributed by atoms with Crippen molar-refractivity contribution in [1.29, 1.82) is 0 Å². The predicted molar refractivity (Wildman–Crippen MR) is 33.7 cm³/mol. The lowest BCUT2D eigenvalue weighted by Gasteiger charge is -2.04. The van der Waals surface area contributed by atoms with Crippen molar-refractivity contribution in [3.63, 3.8) is 0 Å². The maximum atomic E-state index is 12.2. The van der Waals surface area contributed by atoms with Crippen LogP contribution in [0, 0.1) is 0 Å². The summed E-state index contributed by atoms with van der Waals surface area (Å²) >= 11 is 0. The fourth-order valence-corrected chi connectivity index (χ4v) is 0.469. The molecule has 1 aromatic heterocycles. The zero-order valence-corrected chi connectivity index (χ0v) is 5.16. The van der Waals surface area contributed by atoms with Crippen molar-refractivity contribution in [3.05, 3.63) is 24.0 Å². The number of halogens is 3. The molecule has 0 saturated carbocycles. The largest absolute Gasteiger partial charge is 0.417 e. The molecule has 0 aliphatic rings. The number of aromatic nitrogens is 1. The highest BCUT2D eigenvalue weighted by Gasteiger charge is 2.30. The minimum absolute atomic E-state index is 0.673. The Morgan fingerprint density at radius 3 is 2.64 bits per heavy atom. The molecule has 0 aliphatic carbocycles. The molecule has 0 saturated heterocycles. The number of pyridine rings is 1. The number of nitrogens with two attached hydrogens (primary N) is 1. The third kappa shape index (κ3) is 1.83. The average molecular weight is 165 g/mol. The summed E-state index contributed by atoms with van der Waals surface area (Å²) < 4.78 is 57.5. The van der Waals surface area contributed by atoms with Gasteiger partial charge in [-0.25, -0.2) is 0 Å². The Kier molecular flexibility index (Phi) is 1.00. The highest BCUT2D eigenvalue weighted by atomic mass is 19.4. The van der Waals surface area contributed by atoms with Crippen LogP contribution in [-0.4, -0.2) is 4.98 Å². The van der Waals surface area contributed by atoms with E-state index in [-0.39, 0.29) is 0 Å². The van der Waals surface area contributed by atoms with Crippen LogP contribution in [-0.2, 0) is 6.18 Å². The van der Waals surface area contributed by atoms with Gasteiger partial charge < -0.3 is 5.73 Å². The summed E-state index contributed by atoms with van der Waals surface area (Å²) in [5.41, 5.74) is 2.85. The molecule has 0 fully saturated rings. The van der Waals surface area contributed by atoms with Crippen LogP contribution < -0.4 is 5.73 Å². The first-order valence-electron chi connectivity index (χ1n) is 4.05. The minimum atomic E-state index is -4.84. The van der Waals surface area contributed by atoms with Crippen molar-refractivity contribution in [2.24, 2.45) is 0 Å². The van der Waals surface area contributed by atoms with Crippen molar-refractivity contribution in [1.82, 2.24) is 4.98 Å². The molecule has 1 aromatic rings. The molecule has 1 rings (SSSR count). The molecule has 0 unspecified atom stereocenters. The number of hydrogen-bond donors (Lipinski definition) is 1. The average Bonchev–Trinajstić information content (AvgIpc) is 1.97. The van der Waals surface area contributed by atoms with Crippen LogP contribution in [0.3, 0.4) is 0 Å². The number of rotatable bonds is 0. The van der Waals surface area contributed by atoms with E-state index in [0.29, 0.717) is 0 Å². The molecule has 0 bridgehead atoms. The summed E-state index contributed by atoms with van der Waals surface area (Å²) in [7, 11) is 0. The van der Waals surface area contributed by atoms with Gasteiger partial charge in [-0.1, -0.05) is 0 Å². The van der Waals surface area contributed by atoms with E-state index in [1.54, 1.807) is 0 Å². The second kappa shape index (κ2) is 2.41. The maximum absolute atomic E-state index is 12.2. The maximum Gasteiger partial charge on any atom is 0.417 e. The highest BCUT2D eigenvalue weighted by molar-refractivity contribution is 5.37. The van der Waals surface area contributed by atoms with Gasteiger partial charge in [-0.15, -0.1) is 0 Å². The molecule has 1 heterocycles. The summed E-state index contributed by atoms with van der Waals surface area (Å²) in [6.45, 7) is 0. The fraction of sp³-hybridized carbons (Fsp3) is 0.167. The van der Waals surface area contributed by atoms with Gasteiger partial charge in [0.1, 0.15) is 0 Å². The zero-order chi connectivity index (χ0) is 11.1.